The van der Waals surface area contributed by atoms with Gasteiger partial charge in [-0.05, 0) is 79.4 Å². The van der Waals surface area contributed by atoms with Crippen molar-refractivity contribution in [2.45, 2.75) is 70.3 Å². The lowest BCUT2D eigenvalue weighted by Gasteiger charge is -2.36. The van der Waals surface area contributed by atoms with Gasteiger partial charge in [0.05, 0.1) is 31.0 Å². The Morgan fingerprint density at radius 1 is 0.795 bits per heavy atom. The van der Waals surface area contributed by atoms with Crippen molar-refractivity contribution in [2.75, 3.05) is 57.9 Å². The van der Waals surface area contributed by atoms with Gasteiger partial charge in [-0.15, -0.1) is 0 Å². The first-order chi connectivity index (χ1) is 21.7. The van der Waals surface area contributed by atoms with Crippen LogP contribution in [0, 0.1) is 0 Å². The monoisotopic (exact) mass is 596 g/mol. The van der Waals surface area contributed by atoms with E-state index in [1.807, 2.05) is 35.4 Å². The molecule has 0 saturated carbocycles. The molecule has 0 bridgehead atoms. The van der Waals surface area contributed by atoms with E-state index in [1.165, 1.54) is 70.3 Å². The Morgan fingerprint density at radius 3 is 2.27 bits per heavy atom. The van der Waals surface area contributed by atoms with Crippen LogP contribution in [0.25, 0.3) is 10.8 Å². The third-order valence-corrected chi connectivity index (χ3v) is 9.53. The maximum atomic E-state index is 13.2. The van der Waals surface area contributed by atoms with Gasteiger partial charge in [-0.2, -0.15) is 0 Å². The van der Waals surface area contributed by atoms with Crippen LogP contribution in [0.3, 0.4) is 0 Å². The Hall–Kier alpha value is -3.58. The van der Waals surface area contributed by atoms with Crippen molar-refractivity contribution >= 4 is 34.3 Å². The lowest BCUT2D eigenvalue weighted by Crippen LogP contribution is -2.46. The first-order valence-corrected chi connectivity index (χ1v) is 16.9. The van der Waals surface area contributed by atoms with Crippen LogP contribution in [0.2, 0.25) is 0 Å². The van der Waals surface area contributed by atoms with Crippen molar-refractivity contribution < 1.29 is 14.3 Å². The number of benzene rings is 3. The van der Waals surface area contributed by atoms with Crippen LogP contribution in [0.4, 0.5) is 11.4 Å². The number of unbranched alkanes of at least 4 members (excludes halogenated alkanes) is 7. The maximum absolute atomic E-state index is 13.2. The molecule has 0 spiro atoms. The van der Waals surface area contributed by atoms with Crippen LogP contribution in [-0.4, -0.2) is 80.9 Å². The number of ether oxygens (including phenoxy) is 2. The number of nitrogens with zero attached hydrogens (tertiary/aromatic N) is 4. The molecule has 0 N–H and O–H groups in total. The molecule has 3 aliphatic rings. The van der Waals surface area contributed by atoms with E-state index in [0.717, 1.165) is 66.9 Å². The summed E-state index contributed by atoms with van der Waals surface area (Å²) in [5, 5.41) is 1.99. The van der Waals surface area contributed by atoms with Gasteiger partial charge in [0.2, 0.25) is 0 Å². The van der Waals surface area contributed by atoms with Crippen molar-refractivity contribution in [3.05, 3.63) is 60.2 Å². The first-order valence-electron chi connectivity index (χ1n) is 16.9. The molecule has 7 heteroatoms. The zero-order valence-corrected chi connectivity index (χ0v) is 26.4. The quantitative estimate of drug-likeness (QED) is 0.181. The smallest absolute Gasteiger partial charge is 0.256 e. The van der Waals surface area contributed by atoms with Crippen LogP contribution in [0.1, 0.15) is 74.6 Å². The summed E-state index contributed by atoms with van der Waals surface area (Å²) in [5.74, 6) is 1.54. The van der Waals surface area contributed by atoms with Gasteiger partial charge >= 0.3 is 0 Å². The molecule has 44 heavy (non-hydrogen) atoms. The Morgan fingerprint density at radius 2 is 1.50 bits per heavy atom. The molecule has 2 fully saturated rings. The summed E-state index contributed by atoms with van der Waals surface area (Å²) in [6.45, 7) is 7.35. The van der Waals surface area contributed by atoms with Gasteiger partial charge in [-0.25, -0.2) is 0 Å². The number of piperazine rings is 1. The number of amides is 1. The highest BCUT2D eigenvalue weighted by Gasteiger charge is 2.32. The van der Waals surface area contributed by atoms with Gasteiger partial charge < -0.3 is 19.3 Å². The predicted molar refractivity (Wildman–Crippen MR) is 180 cm³/mol. The minimum atomic E-state index is 0.0813. The number of carbonyl (C=O) groups is 1. The van der Waals surface area contributed by atoms with E-state index in [4.69, 9.17) is 9.47 Å². The summed E-state index contributed by atoms with van der Waals surface area (Å²) in [7, 11) is 1.68. The summed E-state index contributed by atoms with van der Waals surface area (Å²) in [6, 6.07) is 18.9. The standard InChI is InChI=1S/C37H48N4O3/c1-43-35-26-30-25-34-33(37(42)41-18-13-16-32(41)28-38-34)24-29(30)27-36(35)44-23-12-7-5-3-2-4-6-11-17-39-19-21-40(22-20-39)31-14-9-8-10-15-31/h8-10,14-15,24-28,32H,2-7,11-13,16-23H2,1H3/t32-/m0/s1. The number of methoxy groups -OCH3 is 1. The molecule has 6 rings (SSSR count). The Labute approximate surface area is 262 Å². The van der Waals surface area contributed by atoms with E-state index in [-0.39, 0.29) is 11.9 Å². The van der Waals surface area contributed by atoms with E-state index in [1.54, 1.807) is 7.11 Å². The highest BCUT2D eigenvalue weighted by Crippen LogP contribution is 2.37. The van der Waals surface area contributed by atoms with Crippen molar-refractivity contribution in [2.24, 2.45) is 4.99 Å². The highest BCUT2D eigenvalue weighted by atomic mass is 16.5. The molecule has 0 unspecified atom stereocenters. The van der Waals surface area contributed by atoms with Gasteiger partial charge in [-0.3, -0.25) is 14.7 Å². The van der Waals surface area contributed by atoms with Crippen molar-refractivity contribution in [1.29, 1.82) is 0 Å². The Bertz CT molecular complexity index is 1420. The fraction of sp³-hybridized carbons (Fsp3) is 0.514. The number of rotatable bonds is 14. The number of para-hydroxylation sites is 1. The molecule has 0 aromatic heterocycles. The maximum Gasteiger partial charge on any atom is 0.256 e. The second kappa shape index (κ2) is 14.9. The van der Waals surface area contributed by atoms with Gasteiger partial charge in [0, 0.05) is 44.6 Å². The Balaban J connectivity index is 0.866. The average molecular weight is 597 g/mol. The van der Waals surface area contributed by atoms with Gasteiger partial charge in [-0.1, -0.05) is 56.7 Å². The molecule has 3 aromatic carbocycles. The van der Waals surface area contributed by atoms with Crippen LogP contribution < -0.4 is 14.4 Å². The number of hydrogen-bond donors (Lipinski definition) is 0. The molecule has 3 heterocycles. The average Bonchev–Trinajstić information content (AvgIpc) is 3.50. The SMILES string of the molecule is COc1cc2cc3c(cc2cc1OCCCCCCCCCCN1CCN(c2ccccc2)CC1)C(=O)N1CCC[C@H]1C=N3. The minimum Gasteiger partial charge on any atom is -0.493 e. The zero-order valence-electron chi connectivity index (χ0n) is 26.4. The van der Waals surface area contributed by atoms with E-state index in [2.05, 4.69) is 45.1 Å². The molecule has 1 amide bonds. The van der Waals surface area contributed by atoms with Crippen molar-refractivity contribution in [3.8, 4) is 11.5 Å². The second-order valence-electron chi connectivity index (χ2n) is 12.5. The van der Waals surface area contributed by atoms with E-state index < -0.39 is 0 Å². The molecule has 7 nitrogen and oxygen atoms in total. The van der Waals surface area contributed by atoms with E-state index >= 15 is 0 Å². The van der Waals surface area contributed by atoms with Crippen LogP contribution in [-0.2, 0) is 0 Å². The summed E-state index contributed by atoms with van der Waals surface area (Å²) < 4.78 is 11.9. The molecule has 3 aromatic rings. The van der Waals surface area contributed by atoms with Crippen LogP contribution in [0.5, 0.6) is 11.5 Å². The third-order valence-electron chi connectivity index (χ3n) is 9.53. The zero-order chi connectivity index (χ0) is 30.1. The fourth-order valence-electron chi connectivity index (χ4n) is 6.92. The Kier molecular flexibility index (Phi) is 10.3. The van der Waals surface area contributed by atoms with Gasteiger partial charge in [0.25, 0.3) is 5.91 Å². The number of carbonyl (C=O) groups excluding carboxylic acids is 1. The molecule has 3 aliphatic heterocycles. The number of fused-ring (bicyclic) bond motifs is 3. The lowest BCUT2D eigenvalue weighted by molar-refractivity contribution is 0.0775. The van der Waals surface area contributed by atoms with Crippen LogP contribution in [0.15, 0.2) is 59.6 Å². The molecular formula is C37H48N4O3. The normalized spacial score (nSPS) is 18.4. The van der Waals surface area contributed by atoms with Crippen molar-refractivity contribution in [1.82, 2.24) is 9.80 Å². The number of hydrogen-bond acceptors (Lipinski definition) is 6. The lowest BCUT2D eigenvalue weighted by atomic mass is 10.0. The topological polar surface area (TPSA) is 57.6 Å². The van der Waals surface area contributed by atoms with Gasteiger partial charge in [0.1, 0.15) is 0 Å². The fourth-order valence-corrected chi connectivity index (χ4v) is 6.92. The van der Waals surface area contributed by atoms with Gasteiger partial charge in [0.15, 0.2) is 11.5 Å². The summed E-state index contributed by atoms with van der Waals surface area (Å²) in [6.07, 6.45) is 14.0. The minimum absolute atomic E-state index is 0.0813. The predicted octanol–water partition coefficient (Wildman–Crippen LogP) is 7.49. The molecule has 1 atom stereocenters. The highest BCUT2D eigenvalue weighted by molar-refractivity contribution is 6.07. The molecule has 0 radical (unpaired) electrons. The van der Waals surface area contributed by atoms with E-state index in [9.17, 15) is 4.79 Å². The second-order valence-corrected chi connectivity index (χ2v) is 12.5. The first kappa shape index (κ1) is 30.4. The summed E-state index contributed by atoms with van der Waals surface area (Å²) in [4.78, 5) is 25.0. The molecule has 0 aliphatic carbocycles. The largest absolute Gasteiger partial charge is 0.493 e. The van der Waals surface area contributed by atoms with Crippen molar-refractivity contribution in [3.63, 3.8) is 0 Å². The molecular weight excluding hydrogens is 548 g/mol. The van der Waals surface area contributed by atoms with E-state index in [0.29, 0.717) is 12.2 Å². The summed E-state index contributed by atoms with van der Waals surface area (Å²) >= 11 is 0. The van der Waals surface area contributed by atoms with Crippen LogP contribution >= 0.6 is 0 Å². The molecule has 2 saturated heterocycles. The molecule has 234 valence electrons. The summed E-state index contributed by atoms with van der Waals surface area (Å²) in [5.41, 5.74) is 2.77. The number of aliphatic imine (C=N–C) groups is 1. The number of anilines is 1. The third kappa shape index (κ3) is 7.37.